The van der Waals surface area contributed by atoms with Crippen molar-refractivity contribution in [3.05, 3.63) is 0 Å². The van der Waals surface area contributed by atoms with Crippen molar-refractivity contribution in [2.24, 2.45) is 0 Å². The van der Waals surface area contributed by atoms with Crippen LogP contribution < -0.4 is 0 Å². The van der Waals surface area contributed by atoms with Crippen LogP contribution in [0.25, 0.3) is 0 Å². The molecule has 0 atom stereocenters. The van der Waals surface area contributed by atoms with Gasteiger partial charge in [-0.05, 0) is 77.4 Å². The smallest absolute Gasteiger partial charge is 0.164 e. The van der Waals surface area contributed by atoms with Gasteiger partial charge in [-0.25, -0.2) is 0 Å². The maximum atomic E-state index is 6.02. The average molecular weight is 349 g/mol. The third kappa shape index (κ3) is 9.30. The monoisotopic (exact) mass is 348 g/mol. The van der Waals surface area contributed by atoms with Crippen LogP contribution in [0.3, 0.4) is 0 Å². The first-order valence-corrected chi connectivity index (χ1v) is 12.9. The van der Waals surface area contributed by atoms with E-state index >= 15 is 0 Å². The van der Waals surface area contributed by atoms with Crippen LogP contribution in [-0.4, -0.2) is 47.6 Å². The quantitative estimate of drug-likeness (QED) is 0.597. The van der Waals surface area contributed by atoms with Crippen LogP contribution in [0.1, 0.15) is 60.8 Å². The van der Waals surface area contributed by atoms with Crippen LogP contribution in [0.5, 0.6) is 0 Å². The number of rotatable bonds is 9. The predicted octanol–water partition coefficient (Wildman–Crippen LogP) is 2.06. The minimum atomic E-state index is -0.385. The van der Waals surface area contributed by atoms with Crippen molar-refractivity contribution < 1.29 is 13.3 Å². The maximum Gasteiger partial charge on any atom is 0.164 e. The molecule has 0 N–H and O–H groups in total. The first-order valence-electron chi connectivity index (χ1n) is 8.71. The predicted molar refractivity (Wildman–Crippen MR) is 99.4 cm³/mol. The first-order chi connectivity index (χ1) is 9.86. The lowest BCUT2D eigenvalue weighted by Gasteiger charge is -2.35. The molecule has 0 radical (unpaired) electrons. The van der Waals surface area contributed by atoms with Gasteiger partial charge in [0, 0.05) is 18.3 Å². The summed E-state index contributed by atoms with van der Waals surface area (Å²) in [4.78, 5) is 0. The van der Waals surface area contributed by atoms with Crippen LogP contribution in [0.15, 0.2) is 0 Å². The molecule has 0 unspecified atom stereocenters. The van der Waals surface area contributed by atoms with Gasteiger partial charge >= 0.3 is 0 Å². The Morgan fingerprint density at radius 2 is 0.810 bits per heavy atom. The molecule has 21 heavy (non-hydrogen) atoms. The van der Waals surface area contributed by atoms with E-state index in [4.69, 9.17) is 13.3 Å². The third-order valence-corrected chi connectivity index (χ3v) is 9.99. The fourth-order valence-corrected chi connectivity index (χ4v) is 10.1. The first kappa shape index (κ1) is 19.6. The number of hydrogen-bond acceptors (Lipinski definition) is 3. The van der Waals surface area contributed by atoms with Gasteiger partial charge in [0.2, 0.25) is 0 Å². The minimum Gasteiger partial charge on any atom is -0.421 e. The van der Waals surface area contributed by atoms with Crippen molar-refractivity contribution in [2.45, 2.75) is 95.7 Å². The van der Waals surface area contributed by atoms with Gasteiger partial charge in [0.25, 0.3) is 0 Å². The van der Waals surface area contributed by atoms with Crippen LogP contribution in [0.2, 0.25) is 16.6 Å². The van der Waals surface area contributed by atoms with Gasteiger partial charge in [-0.1, -0.05) is 0 Å². The van der Waals surface area contributed by atoms with E-state index < -0.39 is 0 Å². The molecule has 3 nitrogen and oxygen atoms in total. The Bertz CT molecular complexity index is 226. The summed E-state index contributed by atoms with van der Waals surface area (Å²) in [6, 6.07) is 0. The van der Waals surface area contributed by atoms with E-state index in [2.05, 4.69) is 41.5 Å². The van der Waals surface area contributed by atoms with E-state index in [1.165, 1.54) is 19.3 Å². The lowest BCUT2D eigenvalue weighted by Crippen LogP contribution is -2.28. The van der Waals surface area contributed by atoms with E-state index in [9.17, 15) is 0 Å². The molecule has 0 bridgehead atoms. The summed E-state index contributed by atoms with van der Waals surface area (Å²) < 4.78 is 18.1. The van der Waals surface area contributed by atoms with Crippen LogP contribution in [0, 0.1) is 0 Å². The molecule has 0 aromatic heterocycles. The molecule has 6 heteroatoms. The van der Waals surface area contributed by atoms with Gasteiger partial charge in [0.15, 0.2) is 29.3 Å². The highest BCUT2D eigenvalue weighted by Gasteiger charge is 2.30. The molecule has 1 rings (SSSR count). The Kier molecular flexibility index (Phi) is 9.63. The second-order valence-corrected chi connectivity index (χ2v) is 12.9. The Morgan fingerprint density at radius 1 is 0.571 bits per heavy atom. The summed E-state index contributed by atoms with van der Waals surface area (Å²) in [5.74, 6) is 0. The minimum absolute atomic E-state index is 0.385. The molecule has 0 aliphatic heterocycles. The molecule has 0 spiro atoms. The molecule has 0 aromatic rings. The molecule has 0 amide bonds. The third-order valence-electron chi connectivity index (χ3n) is 4.00. The number of hydrogen-bond donors (Lipinski definition) is 0. The van der Waals surface area contributed by atoms with Gasteiger partial charge in [0.05, 0.1) is 0 Å². The zero-order chi connectivity index (χ0) is 15.8. The Balaban J connectivity index is 2.46. The van der Waals surface area contributed by atoms with Gasteiger partial charge < -0.3 is 13.3 Å². The molecule has 1 saturated carbocycles. The topological polar surface area (TPSA) is 27.7 Å². The van der Waals surface area contributed by atoms with Crippen molar-refractivity contribution in [1.82, 2.24) is 0 Å². The van der Waals surface area contributed by atoms with Crippen LogP contribution in [0.4, 0.5) is 0 Å². The molecule has 1 aliphatic carbocycles. The fraction of sp³-hybridized carbons (Fsp3) is 1.00. The normalized spacial score (nSPS) is 28.7. The highest BCUT2D eigenvalue weighted by Crippen LogP contribution is 2.42. The van der Waals surface area contributed by atoms with Gasteiger partial charge in [-0.15, -0.1) is 0 Å². The van der Waals surface area contributed by atoms with E-state index in [1.54, 1.807) is 0 Å². The van der Waals surface area contributed by atoms with Crippen molar-refractivity contribution >= 4 is 29.3 Å². The molecular weight excluding hydrogens is 312 g/mol. The fourth-order valence-electron chi connectivity index (χ4n) is 3.10. The highest BCUT2D eigenvalue weighted by atomic mass is 28.2. The Hall–Kier alpha value is 0.531. The second-order valence-electron chi connectivity index (χ2n) is 7.45. The molecule has 0 saturated heterocycles. The van der Waals surface area contributed by atoms with Gasteiger partial charge in [-0.2, -0.15) is 0 Å². The standard InChI is InChI=1S/C15H36O3Si3/c1-10(2)16-19-13-7-14(20-17-11(3)4)9-15(8-13)21-18-12(5)6/h10-15H,7-9,19-21H2,1-6H3. The highest BCUT2D eigenvalue weighted by molar-refractivity contribution is 6.35. The molecule has 126 valence electrons. The Morgan fingerprint density at radius 3 is 1.00 bits per heavy atom. The zero-order valence-corrected chi connectivity index (χ0v) is 19.2. The SMILES string of the molecule is CC(C)O[SiH2]C1CC([SiH2]OC(C)C)CC([SiH2]OC(C)C)C1. The average Bonchev–Trinajstić information content (AvgIpc) is 2.40. The maximum absolute atomic E-state index is 6.02. The van der Waals surface area contributed by atoms with Gasteiger partial charge in [-0.3, -0.25) is 0 Å². The molecular formula is C15H36O3Si3. The van der Waals surface area contributed by atoms with E-state index in [1.807, 2.05) is 0 Å². The molecule has 1 aliphatic rings. The summed E-state index contributed by atoms with van der Waals surface area (Å²) in [5, 5.41) is 0. The lowest BCUT2D eigenvalue weighted by molar-refractivity contribution is 0.228. The van der Waals surface area contributed by atoms with E-state index in [0.717, 1.165) is 16.6 Å². The second kappa shape index (κ2) is 10.3. The summed E-state index contributed by atoms with van der Waals surface area (Å²) in [6.07, 6.45) is 5.36. The van der Waals surface area contributed by atoms with Crippen molar-refractivity contribution in [3.63, 3.8) is 0 Å². The summed E-state index contributed by atoms with van der Waals surface area (Å²) in [7, 11) is -1.15. The summed E-state index contributed by atoms with van der Waals surface area (Å²) >= 11 is 0. The van der Waals surface area contributed by atoms with Crippen molar-refractivity contribution in [2.75, 3.05) is 0 Å². The molecule has 0 aromatic carbocycles. The molecule has 1 fully saturated rings. The van der Waals surface area contributed by atoms with Crippen LogP contribution >= 0.6 is 0 Å². The van der Waals surface area contributed by atoms with E-state index in [0.29, 0.717) is 18.3 Å². The van der Waals surface area contributed by atoms with Crippen molar-refractivity contribution in [3.8, 4) is 0 Å². The van der Waals surface area contributed by atoms with E-state index in [-0.39, 0.29) is 29.3 Å². The van der Waals surface area contributed by atoms with Crippen LogP contribution in [-0.2, 0) is 13.3 Å². The zero-order valence-electron chi connectivity index (χ0n) is 14.9. The lowest BCUT2D eigenvalue weighted by atomic mass is 9.98. The van der Waals surface area contributed by atoms with Gasteiger partial charge in [0.1, 0.15) is 0 Å². The van der Waals surface area contributed by atoms with Crippen molar-refractivity contribution in [1.29, 1.82) is 0 Å². The summed E-state index contributed by atoms with van der Waals surface area (Å²) in [6.45, 7) is 13.0. The molecule has 0 heterocycles. The Labute approximate surface area is 138 Å². The summed E-state index contributed by atoms with van der Waals surface area (Å²) in [5.41, 5.74) is 2.59. The largest absolute Gasteiger partial charge is 0.421 e.